The predicted octanol–water partition coefficient (Wildman–Crippen LogP) is 5.88. The van der Waals surface area contributed by atoms with E-state index in [4.69, 9.17) is 11.6 Å². The number of hydrogen-bond acceptors (Lipinski definition) is 1. The lowest BCUT2D eigenvalue weighted by Crippen LogP contribution is -2.04. The van der Waals surface area contributed by atoms with Gasteiger partial charge in [0.05, 0.1) is 11.1 Å². The van der Waals surface area contributed by atoms with Gasteiger partial charge >= 0.3 is 6.18 Å². The van der Waals surface area contributed by atoms with E-state index < -0.39 is 11.7 Å². The van der Waals surface area contributed by atoms with E-state index in [-0.39, 0.29) is 0 Å². The van der Waals surface area contributed by atoms with Gasteiger partial charge in [-0.25, -0.2) is 0 Å². The molecule has 0 fully saturated rings. The van der Waals surface area contributed by atoms with Gasteiger partial charge in [0, 0.05) is 16.6 Å². The number of rotatable bonds is 1. The molecule has 0 saturated carbocycles. The molecule has 0 radical (unpaired) electrons. The van der Waals surface area contributed by atoms with E-state index in [0.717, 1.165) is 23.3 Å². The summed E-state index contributed by atoms with van der Waals surface area (Å²) in [5.74, 6) is 0. The minimum atomic E-state index is -4.38. The Morgan fingerprint density at radius 2 is 1.73 bits per heavy atom. The number of nitrogens with zero attached hydrogens (tertiary/aromatic N) is 1. The van der Waals surface area contributed by atoms with Crippen LogP contribution < -0.4 is 0 Å². The van der Waals surface area contributed by atoms with Crippen LogP contribution in [0.15, 0.2) is 48.7 Å². The minimum absolute atomic E-state index is 0.475. The van der Waals surface area contributed by atoms with Crippen molar-refractivity contribution in [3.8, 4) is 11.1 Å². The van der Waals surface area contributed by atoms with Crippen LogP contribution in [0.2, 0.25) is 5.02 Å². The smallest absolute Gasteiger partial charge is 0.256 e. The monoisotopic (exact) mass is 321 g/mol. The number of aryl methyl sites for hydroxylation is 1. The Balaban J connectivity index is 2.29. The molecule has 0 atom stereocenters. The first-order valence-corrected chi connectivity index (χ1v) is 6.96. The summed E-state index contributed by atoms with van der Waals surface area (Å²) in [6.07, 6.45) is -2.78. The number of halogens is 4. The Labute approximate surface area is 130 Å². The van der Waals surface area contributed by atoms with Crippen LogP contribution in [0.5, 0.6) is 0 Å². The number of alkyl halides is 3. The van der Waals surface area contributed by atoms with Crippen molar-refractivity contribution < 1.29 is 13.2 Å². The van der Waals surface area contributed by atoms with Crippen molar-refractivity contribution in [2.24, 2.45) is 0 Å². The average molecular weight is 322 g/mol. The molecule has 0 N–H and O–H groups in total. The molecule has 0 saturated heterocycles. The van der Waals surface area contributed by atoms with E-state index in [9.17, 15) is 13.2 Å². The van der Waals surface area contributed by atoms with Gasteiger partial charge < -0.3 is 0 Å². The summed E-state index contributed by atoms with van der Waals surface area (Å²) in [6, 6.07) is 10.6. The number of aromatic nitrogens is 1. The van der Waals surface area contributed by atoms with E-state index in [0.29, 0.717) is 21.5 Å². The van der Waals surface area contributed by atoms with E-state index in [1.54, 1.807) is 24.4 Å². The molecule has 0 aliphatic carbocycles. The van der Waals surface area contributed by atoms with Crippen molar-refractivity contribution >= 4 is 22.5 Å². The van der Waals surface area contributed by atoms with Crippen LogP contribution in [0.3, 0.4) is 0 Å². The highest BCUT2D eigenvalue weighted by atomic mass is 35.5. The van der Waals surface area contributed by atoms with Gasteiger partial charge in [-0.3, -0.25) is 4.98 Å². The zero-order chi connectivity index (χ0) is 15.9. The second kappa shape index (κ2) is 5.29. The Morgan fingerprint density at radius 3 is 2.41 bits per heavy atom. The highest BCUT2D eigenvalue weighted by Gasteiger charge is 2.30. The van der Waals surface area contributed by atoms with Gasteiger partial charge in [-0.1, -0.05) is 17.7 Å². The highest BCUT2D eigenvalue weighted by Crippen LogP contribution is 2.35. The number of benzene rings is 2. The van der Waals surface area contributed by atoms with E-state index in [1.807, 2.05) is 13.0 Å². The topological polar surface area (TPSA) is 12.9 Å². The summed E-state index contributed by atoms with van der Waals surface area (Å²) in [6.45, 7) is 1.88. The third-order valence-electron chi connectivity index (χ3n) is 3.55. The van der Waals surface area contributed by atoms with Gasteiger partial charge in [-0.15, -0.1) is 0 Å². The Kier molecular flexibility index (Phi) is 3.57. The van der Waals surface area contributed by atoms with Crippen LogP contribution in [-0.4, -0.2) is 4.98 Å². The molecule has 22 heavy (non-hydrogen) atoms. The fourth-order valence-electron chi connectivity index (χ4n) is 2.49. The third-order valence-corrected chi connectivity index (χ3v) is 3.78. The van der Waals surface area contributed by atoms with Crippen molar-refractivity contribution in [2.45, 2.75) is 13.1 Å². The first-order valence-electron chi connectivity index (χ1n) is 6.59. The maximum absolute atomic E-state index is 12.9. The minimum Gasteiger partial charge on any atom is -0.256 e. The van der Waals surface area contributed by atoms with Gasteiger partial charge in [0.2, 0.25) is 0 Å². The lowest BCUT2D eigenvalue weighted by Gasteiger charge is -2.12. The Hall–Kier alpha value is -2.07. The van der Waals surface area contributed by atoms with E-state index in [1.165, 1.54) is 6.07 Å². The SMILES string of the molecule is Cc1cc(Cl)ccc1-c1ccnc2ccc(C(F)(F)F)cc12. The van der Waals surface area contributed by atoms with Gasteiger partial charge in [0.15, 0.2) is 0 Å². The standard InChI is InChI=1S/C17H11ClF3N/c1-10-8-12(18)3-4-13(10)14-6-7-22-16-5-2-11(9-15(14)16)17(19,20)21/h2-9H,1H3. The van der Waals surface area contributed by atoms with Gasteiger partial charge in [0.1, 0.15) is 0 Å². The van der Waals surface area contributed by atoms with Crippen molar-refractivity contribution in [3.63, 3.8) is 0 Å². The summed E-state index contributed by atoms with van der Waals surface area (Å²) in [5.41, 5.74) is 2.31. The van der Waals surface area contributed by atoms with Gasteiger partial charge in [0.25, 0.3) is 0 Å². The molecular weight excluding hydrogens is 311 g/mol. The van der Waals surface area contributed by atoms with Crippen LogP contribution in [0, 0.1) is 6.92 Å². The highest BCUT2D eigenvalue weighted by molar-refractivity contribution is 6.30. The summed E-state index contributed by atoms with van der Waals surface area (Å²) in [7, 11) is 0. The summed E-state index contributed by atoms with van der Waals surface area (Å²) in [4.78, 5) is 4.14. The molecule has 0 spiro atoms. The molecule has 3 rings (SSSR count). The molecule has 0 unspecified atom stereocenters. The van der Waals surface area contributed by atoms with Crippen LogP contribution in [0.4, 0.5) is 13.2 Å². The molecule has 0 aliphatic rings. The molecule has 3 aromatic rings. The zero-order valence-electron chi connectivity index (χ0n) is 11.6. The Morgan fingerprint density at radius 1 is 0.955 bits per heavy atom. The molecular formula is C17H11ClF3N. The summed E-state index contributed by atoms with van der Waals surface area (Å²) < 4.78 is 38.8. The summed E-state index contributed by atoms with van der Waals surface area (Å²) >= 11 is 5.95. The normalized spacial score (nSPS) is 11.9. The van der Waals surface area contributed by atoms with Crippen molar-refractivity contribution in [1.29, 1.82) is 0 Å². The van der Waals surface area contributed by atoms with Gasteiger partial charge in [-0.2, -0.15) is 13.2 Å². The van der Waals surface area contributed by atoms with E-state index >= 15 is 0 Å². The second-order valence-electron chi connectivity index (χ2n) is 5.05. The van der Waals surface area contributed by atoms with Gasteiger partial charge in [-0.05, 0) is 60.0 Å². The maximum atomic E-state index is 12.9. The largest absolute Gasteiger partial charge is 0.416 e. The lowest BCUT2D eigenvalue weighted by molar-refractivity contribution is -0.137. The zero-order valence-corrected chi connectivity index (χ0v) is 12.3. The molecule has 112 valence electrons. The average Bonchev–Trinajstić information content (AvgIpc) is 2.45. The number of hydrogen-bond donors (Lipinski definition) is 0. The molecule has 1 nitrogen and oxygen atoms in total. The molecule has 1 heterocycles. The fraction of sp³-hybridized carbons (Fsp3) is 0.118. The summed E-state index contributed by atoms with van der Waals surface area (Å²) in [5, 5.41) is 1.07. The maximum Gasteiger partial charge on any atom is 0.416 e. The molecule has 5 heteroatoms. The first-order chi connectivity index (χ1) is 10.4. The third kappa shape index (κ3) is 2.66. The Bertz CT molecular complexity index is 856. The molecule has 0 amide bonds. The van der Waals surface area contributed by atoms with Crippen molar-refractivity contribution in [2.75, 3.05) is 0 Å². The molecule has 1 aromatic heterocycles. The predicted molar refractivity (Wildman–Crippen MR) is 81.9 cm³/mol. The van der Waals surface area contributed by atoms with Crippen LogP contribution in [0.1, 0.15) is 11.1 Å². The molecule has 0 aliphatic heterocycles. The number of fused-ring (bicyclic) bond motifs is 1. The lowest BCUT2D eigenvalue weighted by atomic mass is 9.96. The van der Waals surface area contributed by atoms with E-state index in [2.05, 4.69) is 4.98 Å². The molecule has 0 bridgehead atoms. The van der Waals surface area contributed by atoms with Crippen LogP contribution in [-0.2, 0) is 6.18 Å². The number of pyridine rings is 1. The quantitative estimate of drug-likeness (QED) is 0.545. The van der Waals surface area contributed by atoms with Crippen LogP contribution in [0.25, 0.3) is 22.0 Å². The first kappa shape index (κ1) is 14.9. The van der Waals surface area contributed by atoms with Crippen molar-refractivity contribution in [1.82, 2.24) is 4.98 Å². The second-order valence-corrected chi connectivity index (χ2v) is 5.48. The molecule has 2 aromatic carbocycles. The fourth-order valence-corrected chi connectivity index (χ4v) is 2.71. The van der Waals surface area contributed by atoms with Crippen LogP contribution >= 0.6 is 11.6 Å². The van der Waals surface area contributed by atoms with Crippen molar-refractivity contribution in [3.05, 3.63) is 64.8 Å².